The zero-order chi connectivity index (χ0) is 11.3. The van der Waals surface area contributed by atoms with Crippen LogP contribution in [0.2, 0.25) is 0 Å². The van der Waals surface area contributed by atoms with Gasteiger partial charge in [-0.1, -0.05) is 15.9 Å². The predicted molar refractivity (Wildman–Crippen MR) is 59.3 cm³/mol. The Kier molecular flexibility index (Phi) is 4.87. The number of halogens is 1. The molecule has 0 aliphatic carbocycles. The van der Waals surface area contributed by atoms with E-state index in [1.807, 2.05) is 6.07 Å². The summed E-state index contributed by atoms with van der Waals surface area (Å²) in [5, 5.41) is 17.7. The maximum Gasteiger partial charge on any atom is 0.161 e. The van der Waals surface area contributed by atoms with Crippen LogP contribution in [0.1, 0.15) is 0 Å². The SMILES string of the molecule is COc1cc(Br)ccc1OCC(O)CO. The fourth-order valence-electron chi connectivity index (χ4n) is 0.999. The van der Waals surface area contributed by atoms with E-state index < -0.39 is 6.10 Å². The number of aliphatic hydroxyl groups excluding tert-OH is 2. The van der Waals surface area contributed by atoms with Gasteiger partial charge in [-0.05, 0) is 18.2 Å². The second kappa shape index (κ2) is 5.95. The number of rotatable bonds is 5. The first-order chi connectivity index (χ1) is 7.17. The third-order valence-electron chi connectivity index (χ3n) is 1.77. The van der Waals surface area contributed by atoms with E-state index in [0.717, 1.165) is 4.47 Å². The molecule has 1 atom stereocenters. The summed E-state index contributed by atoms with van der Waals surface area (Å²) in [7, 11) is 1.54. The summed E-state index contributed by atoms with van der Waals surface area (Å²) in [6.07, 6.45) is -0.877. The predicted octanol–water partition coefficient (Wildman–Crippen LogP) is 1.19. The van der Waals surface area contributed by atoms with Crippen molar-refractivity contribution in [2.24, 2.45) is 0 Å². The van der Waals surface area contributed by atoms with Crippen molar-refractivity contribution in [3.8, 4) is 11.5 Å². The summed E-state index contributed by atoms with van der Waals surface area (Å²) in [4.78, 5) is 0. The molecule has 0 heterocycles. The van der Waals surface area contributed by atoms with Gasteiger partial charge >= 0.3 is 0 Å². The average molecular weight is 277 g/mol. The molecule has 0 aromatic heterocycles. The van der Waals surface area contributed by atoms with E-state index in [0.29, 0.717) is 11.5 Å². The fourth-order valence-corrected chi connectivity index (χ4v) is 1.34. The van der Waals surface area contributed by atoms with Gasteiger partial charge in [0.1, 0.15) is 12.7 Å². The van der Waals surface area contributed by atoms with Crippen molar-refractivity contribution < 1.29 is 19.7 Å². The van der Waals surface area contributed by atoms with Crippen molar-refractivity contribution >= 4 is 15.9 Å². The molecule has 4 nitrogen and oxygen atoms in total. The molecule has 2 N–H and O–H groups in total. The number of ether oxygens (including phenoxy) is 2. The summed E-state index contributed by atoms with van der Waals surface area (Å²) in [5.74, 6) is 1.11. The monoisotopic (exact) mass is 276 g/mol. The van der Waals surface area contributed by atoms with Crippen LogP contribution in [0.5, 0.6) is 11.5 Å². The third kappa shape index (κ3) is 3.70. The first-order valence-electron chi connectivity index (χ1n) is 4.42. The van der Waals surface area contributed by atoms with Gasteiger partial charge in [0.2, 0.25) is 0 Å². The molecular formula is C10H13BrO4. The van der Waals surface area contributed by atoms with Gasteiger partial charge in [-0.2, -0.15) is 0 Å². The molecule has 0 saturated heterocycles. The number of benzene rings is 1. The summed E-state index contributed by atoms with van der Waals surface area (Å²) >= 11 is 3.31. The Morgan fingerprint density at radius 3 is 2.73 bits per heavy atom. The topological polar surface area (TPSA) is 58.9 Å². The van der Waals surface area contributed by atoms with E-state index in [2.05, 4.69) is 15.9 Å². The van der Waals surface area contributed by atoms with Gasteiger partial charge in [-0.25, -0.2) is 0 Å². The van der Waals surface area contributed by atoms with Gasteiger partial charge in [-0.3, -0.25) is 0 Å². The quantitative estimate of drug-likeness (QED) is 0.848. The Morgan fingerprint density at radius 1 is 1.40 bits per heavy atom. The molecule has 0 aliphatic rings. The van der Waals surface area contributed by atoms with Gasteiger partial charge in [-0.15, -0.1) is 0 Å². The largest absolute Gasteiger partial charge is 0.493 e. The van der Waals surface area contributed by atoms with Crippen LogP contribution in [0.15, 0.2) is 22.7 Å². The molecule has 1 rings (SSSR count). The first kappa shape index (κ1) is 12.3. The third-order valence-corrected chi connectivity index (χ3v) is 2.26. The van der Waals surface area contributed by atoms with Crippen molar-refractivity contribution in [2.75, 3.05) is 20.3 Å². The lowest BCUT2D eigenvalue weighted by atomic mass is 10.3. The molecule has 0 radical (unpaired) electrons. The highest BCUT2D eigenvalue weighted by Gasteiger charge is 2.07. The van der Waals surface area contributed by atoms with Crippen LogP contribution in [0, 0.1) is 0 Å². The summed E-state index contributed by atoms with van der Waals surface area (Å²) in [6, 6.07) is 5.30. The van der Waals surface area contributed by atoms with Crippen LogP contribution < -0.4 is 9.47 Å². The van der Waals surface area contributed by atoms with Gasteiger partial charge in [0.25, 0.3) is 0 Å². The lowest BCUT2D eigenvalue weighted by Gasteiger charge is -2.12. The molecule has 1 aromatic carbocycles. The lowest BCUT2D eigenvalue weighted by Crippen LogP contribution is -2.21. The smallest absolute Gasteiger partial charge is 0.161 e. The van der Waals surface area contributed by atoms with Crippen LogP contribution in [0.4, 0.5) is 0 Å². The molecule has 15 heavy (non-hydrogen) atoms. The molecule has 0 fully saturated rings. The van der Waals surface area contributed by atoms with Crippen LogP contribution in [-0.2, 0) is 0 Å². The maximum atomic E-state index is 9.11. The van der Waals surface area contributed by atoms with E-state index in [4.69, 9.17) is 19.7 Å². The highest BCUT2D eigenvalue weighted by Crippen LogP contribution is 2.30. The normalized spacial score (nSPS) is 12.3. The Bertz CT molecular complexity index is 316. The summed E-state index contributed by atoms with van der Waals surface area (Å²) < 4.78 is 11.3. The van der Waals surface area contributed by atoms with Crippen molar-refractivity contribution in [1.29, 1.82) is 0 Å². The molecule has 1 aromatic rings. The van der Waals surface area contributed by atoms with E-state index in [-0.39, 0.29) is 13.2 Å². The van der Waals surface area contributed by atoms with Crippen molar-refractivity contribution in [3.05, 3.63) is 22.7 Å². The molecular weight excluding hydrogens is 264 g/mol. The molecule has 0 amide bonds. The standard InChI is InChI=1S/C10H13BrO4/c1-14-10-4-7(11)2-3-9(10)15-6-8(13)5-12/h2-4,8,12-13H,5-6H2,1H3. The number of hydrogen-bond donors (Lipinski definition) is 2. The average Bonchev–Trinajstić information content (AvgIpc) is 2.26. The first-order valence-corrected chi connectivity index (χ1v) is 5.22. The van der Waals surface area contributed by atoms with Crippen LogP contribution in [0.25, 0.3) is 0 Å². The number of methoxy groups -OCH3 is 1. The molecule has 1 unspecified atom stereocenters. The Balaban J connectivity index is 2.67. The second-order valence-corrected chi connectivity index (χ2v) is 3.86. The zero-order valence-electron chi connectivity index (χ0n) is 8.31. The van der Waals surface area contributed by atoms with Crippen molar-refractivity contribution in [2.45, 2.75) is 6.10 Å². The Labute approximate surface area is 96.6 Å². The zero-order valence-corrected chi connectivity index (χ0v) is 9.90. The van der Waals surface area contributed by atoms with E-state index in [1.165, 1.54) is 7.11 Å². The Hall–Kier alpha value is -0.780. The molecule has 84 valence electrons. The fraction of sp³-hybridized carbons (Fsp3) is 0.400. The van der Waals surface area contributed by atoms with Crippen LogP contribution in [-0.4, -0.2) is 36.6 Å². The number of hydrogen-bond acceptors (Lipinski definition) is 4. The molecule has 5 heteroatoms. The minimum Gasteiger partial charge on any atom is -0.493 e. The van der Waals surface area contributed by atoms with Gasteiger partial charge < -0.3 is 19.7 Å². The van der Waals surface area contributed by atoms with Crippen molar-refractivity contribution in [1.82, 2.24) is 0 Å². The molecule has 0 bridgehead atoms. The van der Waals surface area contributed by atoms with Crippen LogP contribution in [0.3, 0.4) is 0 Å². The molecule has 0 saturated carbocycles. The highest BCUT2D eigenvalue weighted by molar-refractivity contribution is 9.10. The minimum atomic E-state index is -0.877. The van der Waals surface area contributed by atoms with E-state index >= 15 is 0 Å². The molecule has 0 aliphatic heterocycles. The maximum absolute atomic E-state index is 9.11. The minimum absolute atomic E-state index is 0.0362. The van der Waals surface area contributed by atoms with Gasteiger partial charge in [0, 0.05) is 4.47 Å². The van der Waals surface area contributed by atoms with Gasteiger partial charge in [0.15, 0.2) is 11.5 Å². The number of aliphatic hydroxyl groups is 2. The molecule has 0 spiro atoms. The summed E-state index contributed by atoms with van der Waals surface area (Å²) in [6.45, 7) is -0.284. The second-order valence-electron chi connectivity index (χ2n) is 2.94. The lowest BCUT2D eigenvalue weighted by molar-refractivity contribution is 0.0527. The van der Waals surface area contributed by atoms with Crippen molar-refractivity contribution in [3.63, 3.8) is 0 Å². The van der Waals surface area contributed by atoms with E-state index in [9.17, 15) is 0 Å². The highest BCUT2D eigenvalue weighted by atomic mass is 79.9. The van der Waals surface area contributed by atoms with Gasteiger partial charge in [0.05, 0.1) is 13.7 Å². The van der Waals surface area contributed by atoms with E-state index in [1.54, 1.807) is 12.1 Å². The van der Waals surface area contributed by atoms with Crippen LogP contribution >= 0.6 is 15.9 Å². The Morgan fingerprint density at radius 2 is 2.13 bits per heavy atom. The summed E-state index contributed by atoms with van der Waals surface area (Å²) in [5.41, 5.74) is 0.